The highest BCUT2D eigenvalue weighted by atomic mass is 16.6. The molecule has 2 heterocycles. The maximum atomic E-state index is 12.7. The zero-order chi connectivity index (χ0) is 21.1. The third kappa shape index (κ3) is 5.06. The number of amides is 2. The average Bonchev–Trinajstić information content (AvgIpc) is 2.56. The average molecular weight is 389 g/mol. The summed E-state index contributed by atoms with van der Waals surface area (Å²) in [6.45, 7) is 21.1. The van der Waals surface area contributed by atoms with E-state index in [9.17, 15) is 9.59 Å². The number of nitrogens with zero attached hydrogens (tertiary/aromatic N) is 2. The first-order valence-corrected chi connectivity index (χ1v) is 9.62. The van der Waals surface area contributed by atoms with E-state index in [0.29, 0.717) is 26.1 Å². The zero-order valence-corrected chi connectivity index (χ0v) is 17.5. The number of carbonyl (C=O) groups is 2. The molecule has 0 saturated carbocycles. The van der Waals surface area contributed by atoms with Crippen molar-refractivity contribution in [3.63, 3.8) is 0 Å². The third-order valence-electron chi connectivity index (χ3n) is 4.82. The Morgan fingerprint density at radius 1 is 1.18 bits per heavy atom. The van der Waals surface area contributed by atoms with Gasteiger partial charge in [0.05, 0.1) is 12.6 Å². The lowest BCUT2D eigenvalue weighted by atomic mass is 9.89. The first kappa shape index (κ1) is 21.8. The molecule has 0 bridgehead atoms. The van der Waals surface area contributed by atoms with Crippen LogP contribution in [0.2, 0.25) is 0 Å². The molecule has 0 aliphatic carbocycles. The Morgan fingerprint density at radius 3 is 2.32 bits per heavy atom. The second-order valence-corrected chi connectivity index (χ2v) is 8.41. The molecular formula is C22H32N2O4. The summed E-state index contributed by atoms with van der Waals surface area (Å²) in [6.07, 6.45) is 3.59. The first-order valence-electron chi connectivity index (χ1n) is 9.62. The molecular weight excluding hydrogens is 356 g/mol. The topological polar surface area (TPSA) is 59.1 Å². The minimum Gasteiger partial charge on any atom is -0.449 e. The molecule has 0 N–H and O–H groups in total. The van der Waals surface area contributed by atoms with Crippen molar-refractivity contribution in [3.8, 4) is 0 Å². The van der Waals surface area contributed by atoms with Crippen molar-refractivity contribution < 1.29 is 19.1 Å². The molecule has 1 fully saturated rings. The number of likely N-dealkylation sites (tertiary alicyclic amines) is 1. The normalized spacial score (nSPS) is 20.4. The van der Waals surface area contributed by atoms with Crippen molar-refractivity contribution in [2.45, 2.75) is 45.8 Å². The molecule has 0 spiro atoms. The third-order valence-corrected chi connectivity index (χ3v) is 4.82. The van der Waals surface area contributed by atoms with Crippen LogP contribution in [0.1, 0.15) is 34.1 Å². The van der Waals surface area contributed by atoms with Gasteiger partial charge >= 0.3 is 12.2 Å². The number of ether oxygens (including phenoxy) is 2. The number of rotatable bonds is 5. The second-order valence-electron chi connectivity index (χ2n) is 8.41. The lowest BCUT2D eigenvalue weighted by Crippen LogP contribution is -2.54. The standard InChI is InChI=1S/C22H32N2O4/c1-8-17-10-11-24(19(15(3)4)18(17)9-2)21(26)27-14-16-12-23(13-16)20(25)28-22(5,6)7/h8-9,16,19H,1-3,10-14H2,4-7H3/t19-/m0/s1. The van der Waals surface area contributed by atoms with Crippen molar-refractivity contribution in [3.05, 3.63) is 48.6 Å². The summed E-state index contributed by atoms with van der Waals surface area (Å²) in [4.78, 5) is 28.0. The van der Waals surface area contributed by atoms with Crippen molar-refractivity contribution in [1.29, 1.82) is 0 Å². The minimum atomic E-state index is -0.513. The van der Waals surface area contributed by atoms with Crippen LogP contribution in [0.25, 0.3) is 0 Å². The van der Waals surface area contributed by atoms with Gasteiger partial charge < -0.3 is 14.4 Å². The summed E-state index contributed by atoms with van der Waals surface area (Å²) in [5.41, 5.74) is 2.37. The summed E-state index contributed by atoms with van der Waals surface area (Å²) in [6, 6.07) is -0.258. The van der Waals surface area contributed by atoms with Crippen LogP contribution in [-0.4, -0.2) is 59.9 Å². The molecule has 2 aliphatic rings. The van der Waals surface area contributed by atoms with Gasteiger partial charge in [-0.15, -0.1) is 0 Å². The van der Waals surface area contributed by atoms with Gasteiger partial charge in [-0.1, -0.05) is 37.5 Å². The Morgan fingerprint density at radius 2 is 1.82 bits per heavy atom. The van der Waals surface area contributed by atoms with Crippen molar-refractivity contribution >= 4 is 12.2 Å². The van der Waals surface area contributed by atoms with E-state index in [-0.39, 0.29) is 30.8 Å². The number of hydrogen-bond acceptors (Lipinski definition) is 4. The fraction of sp³-hybridized carbons (Fsp3) is 0.545. The molecule has 28 heavy (non-hydrogen) atoms. The Balaban J connectivity index is 1.89. The van der Waals surface area contributed by atoms with Gasteiger partial charge in [0, 0.05) is 25.6 Å². The van der Waals surface area contributed by atoms with E-state index >= 15 is 0 Å². The quantitative estimate of drug-likeness (QED) is 0.659. The molecule has 1 atom stereocenters. The van der Waals surface area contributed by atoms with E-state index in [2.05, 4.69) is 19.7 Å². The van der Waals surface area contributed by atoms with Gasteiger partial charge in [0.25, 0.3) is 0 Å². The molecule has 0 aromatic heterocycles. The molecule has 1 saturated heterocycles. The predicted octanol–water partition coefficient (Wildman–Crippen LogP) is 4.31. The van der Waals surface area contributed by atoms with E-state index in [1.165, 1.54) is 0 Å². The van der Waals surface area contributed by atoms with Crippen LogP contribution in [0, 0.1) is 5.92 Å². The summed E-state index contributed by atoms with van der Waals surface area (Å²) in [5.74, 6) is 0.127. The van der Waals surface area contributed by atoms with E-state index in [1.54, 1.807) is 15.9 Å². The van der Waals surface area contributed by atoms with E-state index in [0.717, 1.165) is 16.7 Å². The summed E-state index contributed by atoms with van der Waals surface area (Å²) in [7, 11) is 0. The largest absolute Gasteiger partial charge is 0.449 e. The molecule has 2 amide bonds. The lowest BCUT2D eigenvalue weighted by Gasteiger charge is -2.40. The molecule has 6 heteroatoms. The highest BCUT2D eigenvalue weighted by molar-refractivity contribution is 5.71. The zero-order valence-electron chi connectivity index (χ0n) is 17.5. The smallest absolute Gasteiger partial charge is 0.410 e. The summed E-state index contributed by atoms with van der Waals surface area (Å²) in [5, 5.41) is 0. The van der Waals surface area contributed by atoms with Gasteiger partial charge in [0.2, 0.25) is 0 Å². The van der Waals surface area contributed by atoms with E-state index in [1.807, 2.05) is 33.8 Å². The van der Waals surface area contributed by atoms with Crippen LogP contribution in [0.5, 0.6) is 0 Å². The molecule has 154 valence electrons. The van der Waals surface area contributed by atoms with Gasteiger partial charge in [-0.05, 0) is 45.3 Å². The van der Waals surface area contributed by atoms with Gasteiger partial charge in [-0.3, -0.25) is 4.90 Å². The van der Waals surface area contributed by atoms with Gasteiger partial charge in [0.15, 0.2) is 0 Å². The molecule has 6 nitrogen and oxygen atoms in total. The number of allylic oxidation sites excluding steroid dienone is 1. The van der Waals surface area contributed by atoms with E-state index in [4.69, 9.17) is 9.47 Å². The number of hydrogen-bond donors (Lipinski definition) is 0. The van der Waals surface area contributed by atoms with Gasteiger partial charge in [-0.25, -0.2) is 9.59 Å². The fourth-order valence-electron chi connectivity index (χ4n) is 3.47. The van der Waals surface area contributed by atoms with Crippen LogP contribution in [-0.2, 0) is 9.47 Å². The second kappa shape index (κ2) is 8.67. The van der Waals surface area contributed by atoms with Crippen LogP contribution in [0.4, 0.5) is 9.59 Å². The maximum Gasteiger partial charge on any atom is 0.410 e. The molecule has 0 aromatic rings. The monoisotopic (exact) mass is 388 g/mol. The Hall–Kier alpha value is -2.50. The molecule has 0 unspecified atom stereocenters. The van der Waals surface area contributed by atoms with Gasteiger partial charge in [-0.2, -0.15) is 0 Å². The molecule has 0 aromatic carbocycles. The Kier molecular flexibility index (Phi) is 6.75. The summed E-state index contributed by atoms with van der Waals surface area (Å²) < 4.78 is 10.9. The highest BCUT2D eigenvalue weighted by Gasteiger charge is 2.36. The van der Waals surface area contributed by atoms with Crippen LogP contribution in [0.3, 0.4) is 0 Å². The SMILES string of the molecule is C=CC1=C(C=C)[C@H](C(=C)C)N(C(=O)OCC2CN(C(=O)OC(C)(C)C)C2)CC1. The number of carbonyl (C=O) groups excluding carboxylic acids is 2. The van der Waals surface area contributed by atoms with Crippen LogP contribution < -0.4 is 0 Å². The van der Waals surface area contributed by atoms with Gasteiger partial charge in [0.1, 0.15) is 5.60 Å². The molecule has 0 radical (unpaired) electrons. The predicted molar refractivity (Wildman–Crippen MR) is 110 cm³/mol. The van der Waals surface area contributed by atoms with Crippen LogP contribution >= 0.6 is 0 Å². The lowest BCUT2D eigenvalue weighted by molar-refractivity contribution is -0.0145. The fourth-order valence-corrected chi connectivity index (χ4v) is 3.47. The summed E-state index contributed by atoms with van der Waals surface area (Å²) >= 11 is 0. The van der Waals surface area contributed by atoms with E-state index < -0.39 is 5.60 Å². The maximum absolute atomic E-state index is 12.7. The minimum absolute atomic E-state index is 0.127. The Labute approximate surface area is 168 Å². The van der Waals surface area contributed by atoms with Crippen molar-refractivity contribution in [2.75, 3.05) is 26.2 Å². The van der Waals surface area contributed by atoms with Crippen LogP contribution in [0.15, 0.2) is 48.6 Å². The van der Waals surface area contributed by atoms with Crippen molar-refractivity contribution in [2.24, 2.45) is 5.92 Å². The first-order chi connectivity index (χ1) is 13.1. The van der Waals surface area contributed by atoms with Crippen molar-refractivity contribution in [1.82, 2.24) is 9.80 Å². The molecule has 2 aliphatic heterocycles. The molecule has 2 rings (SSSR count). The Bertz CT molecular complexity index is 696. The highest BCUT2D eigenvalue weighted by Crippen LogP contribution is 2.30.